The number of aliphatic hydroxyl groups is 1. The van der Waals surface area contributed by atoms with Crippen LogP contribution >= 0.6 is 11.3 Å². The Morgan fingerprint density at radius 1 is 1.18 bits per heavy atom. The molecule has 1 unspecified atom stereocenters. The number of amides is 1. The predicted molar refractivity (Wildman–Crippen MR) is 125 cm³/mol. The van der Waals surface area contributed by atoms with Crippen LogP contribution in [0.4, 0.5) is 5.13 Å². The first-order valence-electron chi connectivity index (χ1n) is 10.0. The van der Waals surface area contributed by atoms with Gasteiger partial charge in [0, 0.05) is 5.56 Å². The predicted octanol–water partition coefficient (Wildman–Crippen LogP) is 4.05. The van der Waals surface area contributed by atoms with Gasteiger partial charge in [0.1, 0.15) is 28.9 Å². The highest BCUT2D eigenvalue weighted by atomic mass is 32.1. The van der Waals surface area contributed by atoms with Crippen LogP contribution in [-0.2, 0) is 9.59 Å². The van der Waals surface area contributed by atoms with Crippen molar-refractivity contribution in [3.63, 3.8) is 0 Å². The van der Waals surface area contributed by atoms with Crippen LogP contribution in [0.15, 0.2) is 66.8 Å². The van der Waals surface area contributed by atoms with E-state index in [-0.39, 0.29) is 16.5 Å². The fraction of sp³-hybridized carbons (Fsp3) is 0.167. The molecule has 0 spiro atoms. The largest absolute Gasteiger partial charge is 0.507 e. The molecule has 1 amide bonds. The number of rotatable bonds is 7. The molecule has 0 bridgehead atoms. The first kappa shape index (κ1) is 22.2. The maximum absolute atomic E-state index is 13.2. The van der Waals surface area contributed by atoms with E-state index < -0.39 is 17.7 Å². The number of anilines is 1. The number of benzene rings is 2. The number of hydrogen-bond acceptors (Lipinski definition) is 8. The first-order chi connectivity index (χ1) is 15.9. The molecule has 1 saturated heterocycles. The van der Waals surface area contributed by atoms with Crippen LogP contribution in [0, 0.1) is 6.92 Å². The summed E-state index contributed by atoms with van der Waals surface area (Å²) in [5.41, 5.74) is 0.920. The summed E-state index contributed by atoms with van der Waals surface area (Å²) >= 11 is 1.19. The number of ether oxygens (including phenoxy) is 2. The number of Topliss-reactive ketones (excluding diaryl/α,β-unsaturated/α-hetero) is 1. The Morgan fingerprint density at radius 2 is 1.94 bits per heavy atom. The molecule has 1 aliphatic heterocycles. The smallest absolute Gasteiger partial charge is 0.301 e. The molecule has 1 N–H and O–H groups in total. The van der Waals surface area contributed by atoms with Crippen molar-refractivity contribution in [3.8, 4) is 11.5 Å². The van der Waals surface area contributed by atoms with Gasteiger partial charge in [-0.3, -0.25) is 14.5 Å². The normalized spacial score (nSPS) is 17.3. The van der Waals surface area contributed by atoms with Crippen LogP contribution < -0.4 is 14.4 Å². The Balaban J connectivity index is 1.89. The van der Waals surface area contributed by atoms with E-state index >= 15 is 0 Å². The number of nitrogens with zero attached hydrogens (tertiary/aromatic N) is 3. The molecular weight excluding hydrogens is 442 g/mol. The Hall–Kier alpha value is -3.98. The molecule has 33 heavy (non-hydrogen) atoms. The third kappa shape index (κ3) is 4.22. The van der Waals surface area contributed by atoms with Gasteiger partial charge in [-0.15, -0.1) is 10.2 Å². The third-order valence-corrected chi connectivity index (χ3v) is 5.91. The van der Waals surface area contributed by atoms with Crippen molar-refractivity contribution in [2.45, 2.75) is 13.0 Å². The van der Waals surface area contributed by atoms with Gasteiger partial charge in [-0.2, -0.15) is 0 Å². The lowest BCUT2D eigenvalue weighted by Gasteiger charge is -2.23. The number of methoxy groups -OCH3 is 1. The molecule has 1 fully saturated rings. The second kappa shape index (κ2) is 9.25. The van der Waals surface area contributed by atoms with E-state index in [4.69, 9.17) is 9.47 Å². The summed E-state index contributed by atoms with van der Waals surface area (Å²) in [6.07, 6.45) is 1.62. The van der Waals surface area contributed by atoms with Gasteiger partial charge < -0.3 is 14.6 Å². The van der Waals surface area contributed by atoms with Gasteiger partial charge in [-0.25, -0.2) is 0 Å². The van der Waals surface area contributed by atoms with Gasteiger partial charge in [0.2, 0.25) is 5.13 Å². The zero-order valence-corrected chi connectivity index (χ0v) is 18.8. The fourth-order valence-corrected chi connectivity index (χ4v) is 4.28. The number of aryl methyl sites for hydroxylation is 1. The van der Waals surface area contributed by atoms with E-state index in [1.54, 1.807) is 61.5 Å². The highest BCUT2D eigenvalue weighted by Crippen LogP contribution is 2.43. The highest BCUT2D eigenvalue weighted by molar-refractivity contribution is 7.15. The minimum atomic E-state index is -0.910. The number of carbonyl (C=O) groups excluding carboxylic acids is 2. The molecule has 1 aromatic heterocycles. The quantitative estimate of drug-likeness (QED) is 0.244. The molecule has 1 aliphatic rings. The number of aromatic nitrogens is 2. The fourth-order valence-electron chi connectivity index (χ4n) is 3.56. The Bertz CT molecular complexity index is 1250. The van der Waals surface area contributed by atoms with E-state index in [2.05, 4.69) is 16.8 Å². The molecule has 2 aromatic carbocycles. The van der Waals surface area contributed by atoms with Crippen LogP contribution in [0.3, 0.4) is 0 Å². The van der Waals surface area contributed by atoms with Crippen molar-refractivity contribution >= 4 is 33.9 Å². The second-order valence-corrected chi connectivity index (χ2v) is 8.33. The summed E-state index contributed by atoms with van der Waals surface area (Å²) < 4.78 is 10.8. The van der Waals surface area contributed by atoms with Gasteiger partial charge in [-0.05, 0) is 48.9 Å². The molecule has 0 radical (unpaired) electrons. The molecule has 0 saturated carbocycles. The van der Waals surface area contributed by atoms with E-state index in [0.717, 1.165) is 0 Å². The number of hydrogen-bond donors (Lipinski definition) is 1. The minimum absolute atomic E-state index is 0.0427. The van der Waals surface area contributed by atoms with E-state index in [9.17, 15) is 14.7 Å². The van der Waals surface area contributed by atoms with Gasteiger partial charge in [0.25, 0.3) is 5.78 Å². The van der Waals surface area contributed by atoms with Gasteiger partial charge in [0.15, 0.2) is 0 Å². The van der Waals surface area contributed by atoms with E-state index in [0.29, 0.717) is 34.2 Å². The Morgan fingerprint density at radius 3 is 2.58 bits per heavy atom. The van der Waals surface area contributed by atoms with Crippen molar-refractivity contribution in [1.29, 1.82) is 0 Å². The molecule has 168 valence electrons. The molecule has 4 rings (SSSR count). The van der Waals surface area contributed by atoms with Crippen LogP contribution in [0.1, 0.15) is 22.2 Å². The molecule has 8 nitrogen and oxygen atoms in total. The number of carbonyl (C=O) groups is 2. The van der Waals surface area contributed by atoms with E-state index in [1.165, 1.54) is 23.3 Å². The standard InChI is InChI=1S/C24H21N3O5S/c1-4-12-32-18-7-5-6-16(13-18)20-19(21(28)15-8-10-17(31-3)11-9-15)22(29)23(30)27(20)24-26-25-14(2)33-24/h4-11,13,20,28H,1,12H2,2-3H3/b21-19+. The summed E-state index contributed by atoms with van der Waals surface area (Å²) in [7, 11) is 1.53. The Labute approximate surface area is 194 Å². The van der Waals surface area contributed by atoms with Crippen LogP contribution in [0.25, 0.3) is 5.76 Å². The molecule has 9 heteroatoms. The van der Waals surface area contributed by atoms with Gasteiger partial charge in [-0.1, -0.05) is 36.1 Å². The Kier molecular flexibility index (Phi) is 6.23. The zero-order valence-electron chi connectivity index (χ0n) is 18.0. The maximum atomic E-state index is 13.2. The third-order valence-electron chi connectivity index (χ3n) is 5.07. The van der Waals surface area contributed by atoms with Crippen LogP contribution in [-0.4, -0.2) is 40.7 Å². The average Bonchev–Trinajstić information content (AvgIpc) is 3.38. The summed E-state index contributed by atoms with van der Waals surface area (Å²) in [4.78, 5) is 27.5. The summed E-state index contributed by atoms with van der Waals surface area (Å²) in [5.74, 6) is -0.750. The number of ketones is 1. The van der Waals surface area contributed by atoms with Gasteiger partial charge in [0.05, 0.1) is 18.7 Å². The SMILES string of the molecule is C=CCOc1cccc(C2/C(=C(\O)c3ccc(OC)cc3)C(=O)C(=O)N2c2nnc(C)s2)c1. The molecule has 0 aliphatic carbocycles. The van der Waals surface area contributed by atoms with Crippen molar-refractivity contribution in [3.05, 3.63) is 82.9 Å². The summed E-state index contributed by atoms with van der Waals surface area (Å²) in [6.45, 7) is 5.70. The lowest BCUT2D eigenvalue weighted by Crippen LogP contribution is -2.29. The van der Waals surface area contributed by atoms with Crippen molar-refractivity contribution in [2.75, 3.05) is 18.6 Å². The lowest BCUT2D eigenvalue weighted by molar-refractivity contribution is -0.132. The average molecular weight is 464 g/mol. The molecule has 1 atom stereocenters. The summed E-state index contributed by atoms with van der Waals surface area (Å²) in [6, 6.07) is 12.7. The van der Waals surface area contributed by atoms with Crippen LogP contribution in [0.2, 0.25) is 0 Å². The molecule has 2 heterocycles. The molecular formula is C24H21N3O5S. The van der Waals surface area contributed by atoms with Crippen molar-refractivity contribution in [2.24, 2.45) is 0 Å². The van der Waals surface area contributed by atoms with E-state index in [1.807, 2.05) is 0 Å². The first-order valence-corrected chi connectivity index (χ1v) is 10.9. The summed E-state index contributed by atoms with van der Waals surface area (Å²) in [5, 5.41) is 20.1. The molecule has 3 aromatic rings. The van der Waals surface area contributed by atoms with Crippen molar-refractivity contribution in [1.82, 2.24) is 10.2 Å². The topological polar surface area (TPSA) is 102 Å². The van der Waals surface area contributed by atoms with Crippen LogP contribution in [0.5, 0.6) is 11.5 Å². The van der Waals surface area contributed by atoms with Crippen molar-refractivity contribution < 1.29 is 24.2 Å². The highest BCUT2D eigenvalue weighted by Gasteiger charge is 2.48. The number of aliphatic hydroxyl groups excluding tert-OH is 1. The zero-order chi connectivity index (χ0) is 23.5. The second-order valence-electron chi connectivity index (χ2n) is 7.17. The lowest BCUT2D eigenvalue weighted by atomic mass is 9.95. The van der Waals surface area contributed by atoms with Gasteiger partial charge >= 0.3 is 5.91 Å². The maximum Gasteiger partial charge on any atom is 0.301 e. The minimum Gasteiger partial charge on any atom is -0.507 e. The monoisotopic (exact) mass is 463 g/mol.